The molecule has 0 aliphatic carbocycles. The smallest absolute Gasteiger partial charge is 0.153 e. The number of aliphatic hydroxyl groups is 1. The Hall–Kier alpha value is -2.54. The molecule has 2 bridgehead atoms. The Kier molecular flexibility index (Phi) is 6.04. The summed E-state index contributed by atoms with van der Waals surface area (Å²) in [7, 11) is 0. The maximum absolute atomic E-state index is 9.56. The minimum absolute atomic E-state index is 0.134. The maximum atomic E-state index is 9.56. The number of H-pyrrole nitrogens is 1. The van der Waals surface area contributed by atoms with Crippen molar-refractivity contribution in [2.24, 2.45) is 0 Å². The molecule has 9 nitrogen and oxygen atoms in total. The van der Waals surface area contributed by atoms with Crippen LogP contribution in [0.5, 0.6) is 0 Å². The molecule has 2 aliphatic heterocycles. The zero-order valence-corrected chi connectivity index (χ0v) is 16.7. The van der Waals surface area contributed by atoms with Crippen molar-refractivity contribution < 1.29 is 5.11 Å². The lowest BCUT2D eigenvalue weighted by Gasteiger charge is -2.38. The summed E-state index contributed by atoms with van der Waals surface area (Å²) in [5.41, 5.74) is 1.54. The first-order valence-corrected chi connectivity index (χ1v) is 10.3. The standard InChI is InChI=1S/C20H28N8O/c1-13-7-19(27-26-13)24-18-10-15(12-29)23-20(25-18)11-22-14-8-16-3-4-17(9-14)28(16)6-2-5-21/h7,10,14,16-17,22,29H,2-4,6,8-9,11-12H2,1H3,(H2,23,24,25,26,27). The highest BCUT2D eigenvalue weighted by Gasteiger charge is 2.40. The molecule has 0 aromatic carbocycles. The van der Waals surface area contributed by atoms with E-state index < -0.39 is 0 Å². The van der Waals surface area contributed by atoms with Gasteiger partial charge in [0.25, 0.3) is 0 Å². The van der Waals surface area contributed by atoms with Crippen molar-refractivity contribution in [1.82, 2.24) is 30.4 Å². The molecule has 4 N–H and O–H groups in total. The van der Waals surface area contributed by atoms with Crippen LogP contribution < -0.4 is 10.6 Å². The van der Waals surface area contributed by atoms with Crippen molar-refractivity contribution in [3.8, 4) is 6.07 Å². The molecule has 0 radical (unpaired) electrons. The fourth-order valence-electron chi connectivity index (χ4n) is 4.61. The van der Waals surface area contributed by atoms with Crippen LogP contribution in [0.4, 0.5) is 11.6 Å². The molecule has 0 saturated carbocycles. The number of rotatable bonds is 8. The van der Waals surface area contributed by atoms with Crippen molar-refractivity contribution in [2.45, 2.75) is 70.3 Å². The van der Waals surface area contributed by atoms with E-state index in [-0.39, 0.29) is 6.61 Å². The van der Waals surface area contributed by atoms with Gasteiger partial charge in [-0.1, -0.05) is 0 Å². The first kappa shape index (κ1) is 19.8. The number of piperidine rings is 1. The number of nitriles is 1. The van der Waals surface area contributed by atoms with Gasteiger partial charge in [0.1, 0.15) is 11.6 Å². The molecular formula is C20H28N8O. The Bertz CT molecular complexity index is 862. The predicted octanol–water partition coefficient (Wildman–Crippen LogP) is 1.74. The molecule has 2 saturated heterocycles. The number of anilines is 2. The summed E-state index contributed by atoms with van der Waals surface area (Å²) in [5.74, 6) is 1.97. The van der Waals surface area contributed by atoms with Gasteiger partial charge in [-0.3, -0.25) is 10.00 Å². The summed E-state index contributed by atoms with van der Waals surface area (Å²) in [4.78, 5) is 11.6. The summed E-state index contributed by atoms with van der Waals surface area (Å²) in [6.45, 7) is 3.25. The minimum atomic E-state index is -0.134. The molecule has 2 aliphatic rings. The highest BCUT2D eigenvalue weighted by Crippen LogP contribution is 2.35. The third-order valence-electron chi connectivity index (χ3n) is 5.86. The van der Waals surface area contributed by atoms with Crippen LogP contribution in [0.2, 0.25) is 0 Å². The second-order valence-corrected chi connectivity index (χ2v) is 7.96. The average molecular weight is 396 g/mol. The lowest BCUT2D eigenvalue weighted by atomic mass is 9.97. The van der Waals surface area contributed by atoms with Gasteiger partial charge in [0.05, 0.1) is 24.9 Å². The van der Waals surface area contributed by atoms with Crippen LogP contribution in [0.15, 0.2) is 12.1 Å². The van der Waals surface area contributed by atoms with Crippen LogP contribution in [0, 0.1) is 18.3 Å². The van der Waals surface area contributed by atoms with Gasteiger partial charge in [-0.25, -0.2) is 9.97 Å². The first-order chi connectivity index (χ1) is 14.1. The Morgan fingerprint density at radius 3 is 2.69 bits per heavy atom. The van der Waals surface area contributed by atoms with Crippen LogP contribution in [0.3, 0.4) is 0 Å². The van der Waals surface area contributed by atoms with Crippen LogP contribution in [0.25, 0.3) is 0 Å². The molecule has 2 atom stereocenters. The monoisotopic (exact) mass is 396 g/mol. The lowest BCUT2D eigenvalue weighted by Crippen LogP contribution is -2.49. The van der Waals surface area contributed by atoms with E-state index in [1.165, 1.54) is 12.8 Å². The molecule has 2 aromatic rings. The van der Waals surface area contributed by atoms with E-state index in [1.54, 1.807) is 6.07 Å². The third kappa shape index (κ3) is 4.72. The van der Waals surface area contributed by atoms with Gasteiger partial charge < -0.3 is 15.7 Å². The van der Waals surface area contributed by atoms with Gasteiger partial charge in [0, 0.05) is 48.9 Å². The van der Waals surface area contributed by atoms with E-state index in [4.69, 9.17) is 5.26 Å². The molecule has 4 rings (SSSR count). The number of nitrogens with zero attached hydrogens (tertiary/aromatic N) is 5. The summed E-state index contributed by atoms with van der Waals surface area (Å²) >= 11 is 0. The highest BCUT2D eigenvalue weighted by atomic mass is 16.3. The van der Waals surface area contributed by atoms with Crippen LogP contribution in [-0.4, -0.2) is 54.8 Å². The summed E-state index contributed by atoms with van der Waals surface area (Å²) in [6.07, 6.45) is 5.25. The molecular weight excluding hydrogens is 368 g/mol. The highest BCUT2D eigenvalue weighted by molar-refractivity contribution is 5.52. The number of hydrogen-bond donors (Lipinski definition) is 4. The van der Waals surface area contributed by atoms with Gasteiger partial charge in [-0.15, -0.1) is 0 Å². The Morgan fingerprint density at radius 2 is 2.03 bits per heavy atom. The predicted molar refractivity (Wildman–Crippen MR) is 108 cm³/mol. The van der Waals surface area contributed by atoms with Crippen LogP contribution in [-0.2, 0) is 13.2 Å². The quantitative estimate of drug-likeness (QED) is 0.532. The topological polar surface area (TPSA) is 126 Å². The zero-order chi connectivity index (χ0) is 20.2. The number of aromatic nitrogens is 4. The molecule has 9 heteroatoms. The van der Waals surface area contributed by atoms with E-state index in [9.17, 15) is 5.11 Å². The SMILES string of the molecule is Cc1cc(Nc2cc(CO)nc(CNC3CC4CCC(C3)N4CCC#N)n2)n[nH]1. The lowest BCUT2D eigenvalue weighted by molar-refractivity contribution is 0.119. The molecule has 154 valence electrons. The van der Waals surface area contributed by atoms with Crippen molar-refractivity contribution >= 4 is 11.6 Å². The van der Waals surface area contributed by atoms with Crippen molar-refractivity contribution in [3.05, 3.63) is 29.3 Å². The summed E-state index contributed by atoms with van der Waals surface area (Å²) in [6, 6.07) is 7.48. The van der Waals surface area contributed by atoms with E-state index in [2.05, 4.69) is 41.8 Å². The van der Waals surface area contributed by atoms with Crippen LogP contribution >= 0.6 is 0 Å². The fraction of sp³-hybridized carbons (Fsp3) is 0.600. The largest absolute Gasteiger partial charge is 0.390 e. The average Bonchev–Trinajstić information content (AvgIpc) is 3.23. The van der Waals surface area contributed by atoms with Crippen molar-refractivity contribution in [1.29, 1.82) is 5.26 Å². The van der Waals surface area contributed by atoms with Crippen molar-refractivity contribution in [3.63, 3.8) is 0 Å². The van der Waals surface area contributed by atoms with E-state index in [0.29, 0.717) is 54.2 Å². The molecule has 2 fully saturated rings. The van der Waals surface area contributed by atoms with Crippen molar-refractivity contribution in [2.75, 3.05) is 11.9 Å². The number of nitrogens with one attached hydrogen (secondary N) is 3. The second kappa shape index (κ2) is 8.86. The molecule has 0 spiro atoms. The Labute approximate surface area is 170 Å². The number of aryl methyl sites for hydroxylation is 1. The fourth-order valence-corrected chi connectivity index (χ4v) is 4.61. The summed E-state index contributed by atoms with van der Waals surface area (Å²) < 4.78 is 0. The van der Waals surface area contributed by atoms with Gasteiger partial charge >= 0.3 is 0 Å². The number of hydrogen-bond acceptors (Lipinski definition) is 8. The molecule has 2 aromatic heterocycles. The zero-order valence-electron chi connectivity index (χ0n) is 16.7. The molecule has 2 unspecified atom stereocenters. The number of aliphatic hydroxyl groups excluding tert-OH is 1. The maximum Gasteiger partial charge on any atom is 0.153 e. The third-order valence-corrected chi connectivity index (χ3v) is 5.86. The van der Waals surface area contributed by atoms with Gasteiger partial charge in [0.15, 0.2) is 5.82 Å². The van der Waals surface area contributed by atoms with Gasteiger partial charge in [-0.2, -0.15) is 10.4 Å². The van der Waals surface area contributed by atoms with Crippen LogP contribution in [0.1, 0.15) is 49.3 Å². The van der Waals surface area contributed by atoms with E-state index in [1.807, 2.05) is 13.0 Å². The van der Waals surface area contributed by atoms with E-state index in [0.717, 1.165) is 25.1 Å². The number of aromatic amines is 1. The molecule has 29 heavy (non-hydrogen) atoms. The first-order valence-electron chi connectivity index (χ1n) is 10.3. The number of fused-ring (bicyclic) bond motifs is 2. The Morgan fingerprint density at radius 1 is 1.24 bits per heavy atom. The summed E-state index contributed by atoms with van der Waals surface area (Å²) in [5, 5.41) is 32.3. The normalized spacial score (nSPS) is 23.8. The van der Waals surface area contributed by atoms with E-state index >= 15 is 0 Å². The second-order valence-electron chi connectivity index (χ2n) is 7.96. The van der Waals surface area contributed by atoms with Gasteiger partial charge in [-0.05, 0) is 32.6 Å². The molecule has 4 heterocycles. The minimum Gasteiger partial charge on any atom is -0.390 e. The van der Waals surface area contributed by atoms with Gasteiger partial charge in [0.2, 0.25) is 0 Å². The Balaban J connectivity index is 1.37. The molecule has 0 amide bonds.